The van der Waals surface area contributed by atoms with E-state index in [0.717, 1.165) is 5.56 Å². The lowest BCUT2D eigenvalue weighted by Crippen LogP contribution is -2.47. The fraction of sp³-hybridized carbons (Fsp3) is 0.533. The van der Waals surface area contributed by atoms with Crippen LogP contribution in [0.1, 0.15) is 5.56 Å². The molecule has 110 valence electrons. The maximum absolute atomic E-state index is 12.2. The quantitative estimate of drug-likeness (QED) is 0.682. The summed E-state index contributed by atoms with van der Waals surface area (Å²) in [5.41, 5.74) is 1.10. The molecule has 1 heterocycles. The van der Waals surface area contributed by atoms with Gasteiger partial charge in [-0.2, -0.15) is 0 Å². The Kier molecular flexibility index (Phi) is 5.52. The van der Waals surface area contributed by atoms with Gasteiger partial charge in [0.15, 0.2) is 0 Å². The number of amides is 1. The second-order valence-corrected chi connectivity index (χ2v) is 5.12. The average Bonchev–Trinajstić information content (AvgIpc) is 2.96. The Balaban J connectivity index is 1.91. The van der Waals surface area contributed by atoms with Gasteiger partial charge in [0.2, 0.25) is 5.91 Å². The zero-order valence-electron chi connectivity index (χ0n) is 11.7. The molecule has 3 N–H and O–H groups in total. The number of aliphatic hydroxyl groups excluding tert-OH is 1. The third-order valence-electron chi connectivity index (χ3n) is 3.68. The molecule has 5 nitrogen and oxygen atoms in total. The summed E-state index contributed by atoms with van der Waals surface area (Å²) in [6.45, 7) is 0.913. The third-order valence-corrected chi connectivity index (χ3v) is 3.68. The van der Waals surface area contributed by atoms with Crippen LogP contribution in [0.4, 0.5) is 0 Å². The number of aliphatic hydroxyl groups is 1. The number of likely N-dealkylation sites (N-methyl/N-ethyl adjacent to an activating group) is 1. The van der Waals surface area contributed by atoms with Crippen molar-refractivity contribution >= 4 is 5.91 Å². The first-order valence-corrected chi connectivity index (χ1v) is 6.94. The number of rotatable bonds is 6. The van der Waals surface area contributed by atoms with E-state index >= 15 is 0 Å². The molecule has 1 saturated heterocycles. The van der Waals surface area contributed by atoms with Crippen LogP contribution in [-0.2, 0) is 16.0 Å². The first kappa shape index (κ1) is 15.0. The van der Waals surface area contributed by atoms with Crippen molar-refractivity contribution in [3.63, 3.8) is 0 Å². The predicted molar refractivity (Wildman–Crippen MR) is 76.3 cm³/mol. The lowest BCUT2D eigenvalue weighted by atomic mass is 10.0. The maximum Gasteiger partial charge on any atom is 0.227 e. The van der Waals surface area contributed by atoms with E-state index in [1.54, 1.807) is 0 Å². The molecule has 1 aliphatic heterocycles. The van der Waals surface area contributed by atoms with Crippen molar-refractivity contribution in [2.24, 2.45) is 5.92 Å². The summed E-state index contributed by atoms with van der Waals surface area (Å²) in [6, 6.07) is 9.62. The van der Waals surface area contributed by atoms with E-state index in [1.807, 2.05) is 37.4 Å². The fourth-order valence-corrected chi connectivity index (χ4v) is 2.47. The highest BCUT2D eigenvalue weighted by Crippen LogP contribution is 2.14. The summed E-state index contributed by atoms with van der Waals surface area (Å²) >= 11 is 0. The molecule has 5 heteroatoms. The van der Waals surface area contributed by atoms with Crippen molar-refractivity contribution in [2.75, 3.05) is 26.9 Å². The minimum atomic E-state index is -0.261. The SMILES string of the molecule is CNC1COCC1C(=O)NC(CO)Cc1ccccc1. The molecule has 0 aliphatic carbocycles. The molecule has 3 unspecified atom stereocenters. The molecule has 0 bridgehead atoms. The summed E-state index contributed by atoms with van der Waals surface area (Å²) in [4.78, 5) is 12.2. The molecular formula is C15H22N2O3. The van der Waals surface area contributed by atoms with Crippen LogP contribution in [0.15, 0.2) is 30.3 Å². The Labute approximate surface area is 119 Å². The second-order valence-electron chi connectivity index (χ2n) is 5.12. The molecular weight excluding hydrogens is 256 g/mol. The van der Waals surface area contributed by atoms with Gasteiger partial charge in [-0.15, -0.1) is 0 Å². The summed E-state index contributed by atoms with van der Waals surface area (Å²) in [6.07, 6.45) is 0.626. The molecule has 1 aliphatic rings. The molecule has 20 heavy (non-hydrogen) atoms. The van der Waals surface area contributed by atoms with Gasteiger partial charge in [0.1, 0.15) is 0 Å². The molecule has 2 rings (SSSR count). The Morgan fingerprint density at radius 1 is 1.40 bits per heavy atom. The summed E-state index contributed by atoms with van der Waals surface area (Å²) < 4.78 is 5.33. The summed E-state index contributed by atoms with van der Waals surface area (Å²) in [7, 11) is 1.83. The number of benzene rings is 1. The normalized spacial score (nSPS) is 23.5. The monoisotopic (exact) mass is 278 g/mol. The lowest BCUT2D eigenvalue weighted by Gasteiger charge is -2.21. The van der Waals surface area contributed by atoms with Gasteiger partial charge in [0.05, 0.1) is 31.8 Å². The van der Waals surface area contributed by atoms with E-state index in [2.05, 4.69) is 10.6 Å². The van der Waals surface area contributed by atoms with Crippen LogP contribution in [0.3, 0.4) is 0 Å². The Morgan fingerprint density at radius 3 is 2.80 bits per heavy atom. The molecule has 1 aromatic rings. The Morgan fingerprint density at radius 2 is 2.15 bits per heavy atom. The molecule has 1 amide bonds. The first-order chi connectivity index (χ1) is 9.74. The number of hydrogen-bond donors (Lipinski definition) is 3. The third kappa shape index (κ3) is 3.79. The number of carbonyl (C=O) groups excluding carboxylic acids is 1. The Hall–Kier alpha value is -1.43. The smallest absolute Gasteiger partial charge is 0.227 e. The highest BCUT2D eigenvalue weighted by atomic mass is 16.5. The van der Waals surface area contributed by atoms with Gasteiger partial charge in [-0.05, 0) is 19.0 Å². The van der Waals surface area contributed by atoms with Crippen molar-refractivity contribution in [3.05, 3.63) is 35.9 Å². The lowest BCUT2D eigenvalue weighted by molar-refractivity contribution is -0.126. The molecule has 0 radical (unpaired) electrons. The van der Waals surface area contributed by atoms with Gasteiger partial charge in [-0.3, -0.25) is 4.79 Å². The van der Waals surface area contributed by atoms with E-state index in [4.69, 9.17) is 4.74 Å². The van der Waals surface area contributed by atoms with Gasteiger partial charge in [-0.1, -0.05) is 30.3 Å². The van der Waals surface area contributed by atoms with Crippen molar-refractivity contribution in [2.45, 2.75) is 18.5 Å². The molecule has 0 saturated carbocycles. The Bertz CT molecular complexity index is 424. The highest BCUT2D eigenvalue weighted by Gasteiger charge is 2.33. The van der Waals surface area contributed by atoms with Crippen LogP contribution in [0.2, 0.25) is 0 Å². The van der Waals surface area contributed by atoms with Gasteiger partial charge >= 0.3 is 0 Å². The van der Waals surface area contributed by atoms with Crippen molar-refractivity contribution in [1.82, 2.24) is 10.6 Å². The second kappa shape index (κ2) is 7.38. The van der Waals surface area contributed by atoms with Gasteiger partial charge < -0.3 is 20.5 Å². The minimum Gasteiger partial charge on any atom is -0.394 e. The van der Waals surface area contributed by atoms with Gasteiger partial charge in [-0.25, -0.2) is 0 Å². The van der Waals surface area contributed by atoms with Gasteiger partial charge in [0.25, 0.3) is 0 Å². The minimum absolute atomic E-state index is 0.0473. The van der Waals surface area contributed by atoms with E-state index in [1.165, 1.54) is 0 Å². The average molecular weight is 278 g/mol. The standard InChI is InChI=1S/C15H22N2O3/c1-16-14-10-20-9-13(14)15(19)17-12(8-18)7-11-5-3-2-4-6-11/h2-6,12-14,16,18H,7-10H2,1H3,(H,17,19). The first-order valence-electron chi connectivity index (χ1n) is 6.94. The molecule has 0 spiro atoms. The number of hydrogen-bond acceptors (Lipinski definition) is 4. The van der Waals surface area contributed by atoms with E-state index < -0.39 is 0 Å². The summed E-state index contributed by atoms with van der Waals surface area (Å²) in [5, 5.41) is 15.4. The van der Waals surface area contributed by atoms with Crippen LogP contribution >= 0.6 is 0 Å². The predicted octanol–water partition coefficient (Wildman–Crippen LogP) is -0.0594. The molecule has 1 aromatic carbocycles. The van der Waals surface area contributed by atoms with E-state index in [9.17, 15) is 9.90 Å². The van der Waals surface area contributed by atoms with Crippen molar-refractivity contribution in [1.29, 1.82) is 0 Å². The van der Waals surface area contributed by atoms with E-state index in [0.29, 0.717) is 19.6 Å². The zero-order chi connectivity index (χ0) is 14.4. The zero-order valence-corrected chi connectivity index (χ0v) is 11.7. The molecule has 0 aromatic heterocycles. The highest BCUT2D eigenvalue weighted by molar-refractivity contribution is 5.80. The molecule has 1 fully saturated rings. The topological polar surface area (TPSA) is 70.6 Å². The fourth-order valence-electron chi connectivity index (χ4n) is 2.47. The number of carbonyl (C=O) groups is 1. The van der Waals surface area contributed by atoms with Gasteiger partial charge in [0, 0.05) is 6.04 Å². The number of nitrogens with one attached hydrogen (secondary N) is 2. The maximum atomic E-state index is 12.2. The number of ether oxygens (including phenoxy) is 1. The van der Waals surface area contributed by atoms with Crippen LogP contribution in [0, 0.1) is 5.92 Å². The van der Waals surface area contributed by atoms with Crippen molar-refractivity contribution < 1.29 is 14.6 Å². The largest absolute Gasteiger partial charge is 0.394 e. The van der Waals surface area contributed by atoms with Crippen LogP contribution in [-0.4, -0.2) is 50.0 Å². The summed E-state index contributed by atoms with van der Waals surface area (Å²) in [5.74, 6) is -0.248. The molecule has 3 atom stereocenters. The van der Waals surface area contributed by atoms with E-state index in [-0.39, 0.29) is 30.5 Å². The van der Waals surface area contributed by atoms with Crippen LogP contribution in [0.25, 0.3) is 0 Å². The van der Waals surface area contributed by atoms with Crippen LogP contribution in [0.5, 0.6) is 0 Å². The van der Waals surface area contributed by atoms with Crippen LogP contribution < -0.4 is 10.6 Å². The van der Waals surface area contributed by atoms with Crippen molar-refractivity contribution in [3.8, 4) is 0 Å².